The van der Waals surface area contributed by atoms with E-state index in [2.05, 4.69) is 5.16 Å². The lowest BCUT2D eigenvalue weighted by Gasteiger charge is -2.00. The van der Waals surface area contributed by atoms with Crippen molar-refractivity contribution in [3.63, 3.8) is 0 Å². The van der Waals surface area contributed by atoms with Gasteiger partial charge in [-0.25, -0.2) is 0 Å². The Hall–Kier alpha value is -0.770. The first-order valence-electron chi connectivity index (χ1n) is 4.55. The summed E-state index contributed by atoms with van der Waals surface area (Å²) in [7, 11) is 0. The fourth-order valence-corrected chi connectivity index (χ4v) is 1.42. The van der Waals surface area contributed by atoms with E-state index in [0.717, 1.165) is 6.42 Å². The number of halogens is 2. The fourth-order valence-electron chi connectivity index (χ4n) is 0.925. The molecule has 0 heterocycles. The summed E-state index contributed by atoms with van der Waals surface area (Å²) in [5, 5.41) is 4.85. The lowest BCUT2D eigenvalue weighted by Crippen LogP contribution is -2.02. The van der Waals surface area contributed by atoms with Crippen molar-refractivity contribution >= 4 is 29.4 Å². The second-order valence-corrected chi connectivity index (χ2v) is 3.66. The summed E-state index contributed by atoms with van der Waals surface area (Å²) >= 11 is 11.8. The molecule has 1 rings (SSSR count). The quantitative estimate of drug-likeness (QED) is 0.494. The third-order valence-corrected chi connectivity index (χ3v) is 2.35. The topological polar surface area (TPSA) is 47.6 Å². The van der Waals surface area contributed by atoms with Crippen LogP contribution in [0, 0.1) is 0 Å². The molecule has 0 saturated carbocycles. The van der Waals surface area contributed by atoms with E-state index in [1.165, 1.54) is 6.21 Å². The highest BCUT2D eigenvalue weighted by molar-refractivity contribution is 6.38. The molecule has 0 unspecified atom stereocenters. The molecule has 0 aromatic heterocycles. The first-order chi connectivity index (χ1) is 7.25. The second kappa shape index (κ2) is 6.67. The second-order valence-electron chi connectivity index (χ2n) is 2.85. The zero-order valence-electron chi connectivity index (χ0n) is 8.12. The summed E-state index contributed by atoms with van der Waals surface area (Å²) in [6, 6.07) is 5.26. The molecule has 0 atom stereocenters. The van der Waals surface area contributed by atoms with Gasteiger partial charge in [-0.05, 0) is 25.1 Å². The highest BCUT2D eigenvalue weighted by atomic mass is 35.5. The number of benzene rings is 1. The molecular weight excluding hydrogens is 235 g/mol. The van der Waals surface area contributed by atoms with E-state index < -0.39 is 0 Å². The lowest BCUT2D eigenvalue weighted by atomic mass is 10.2. The van der Waals surface area contributed by atoms with Gasteiger partial charge in [0.1, 0.15) is 6.61 Å². The Labute approximate surface area is 98.8 Å². The monoisotopic (exact) mass is 246 g/mol. The maximum absolute atomic E-state index is 5.92. The molecule has 5 heteroatoms. The normalized spacial score (nSPS) is 10.9. The Kier molecular flexibility index (Phi) is 5.47. The Morgan fingerprint density at radius 1 is 1.33 bits per heavy atom. The number of hydrogen-bond acceptors (Lipinski definition) is 3. The van der Waals surface area contributed by atoms with Crippen molar-refractivity contribution in [3.8, 4) is 0 Å². The van der Waals surface area contributed by atoms with E-state index in [0.29, 0.717) is 28.8 Å². The highest BCUT2D eigenvalue weighted by Gasteiger charge is 2.01. The Balaban J connectivity index is 2.56. The minimum atomic E-state index is 0.495. The van der Waals surface area contributed by atoms with Gasteiger partial charge in [0.15, 0.2) is 0 Å². The molecule has 0 fully saturated rings. The van der Waals surface area contributed by atoms with Crippen LogP contribution < -0.4 is 5.73 Å². The van der Waals surface area contributed by atoms with Crippen molar-refractivity contribution in [3.05, 3.63) is 33.8 Å². The lowest BCUT2D eigenvalue weighted by molar-refractivity contribution is 0.145. The first kappa shape index (κ1) is 12.3. The van der Waals surface area contributed by atoms with Crippen LogP contribution in [0.25, 0.3) is 0 Å². The van der Waals surface area contributed by atoms with Crippen LogP contribution in [0.15, 0.2) is 23.4 Å². The van der Waals surface area contributed by atoms with Crippen LogP contribution in [-0.2, 0) is 4.84 Å². The average Bonchev–Trinajstić information content (AvgIpc) is 2.21. The molecule has 0 aliphatic carbocycles. The van der Waals surface area contributed by atoms with Gasteiger partial charge in [-0.3, -0.25) is 0 Å². The molecule has 3 nitrogen and oxygen atoms in total. The van der Waals surface area contributed by atoms with Crippen LogP contribution >= 0.6 is 23.2 Å². The van der Waals surface area contributed by atoms with Gasteiger partial charge in [0.2, 0.25) is 0 Å². The van der Waals surface area contributed by atoms with Crippen LogP contribution in [0.1, 0.15) is 12.0 Å². The third kappa shape index (κ3) is 4.08. The number of nitrogens with two attached hydrogens (primary N) is 1. The van der Waals surface area contributed by atoms with Crippen LogP contribution in [0.2, 0.25) is 10.0 Å². The summed E-state index contributed by atoms with van der Waals surface area (Å²) in [6.45, 7) is 1.08. The van der Waals surface area contributed by atoms with Crippen molar-refractivity contribution in [2.45, 2.75) is 6.42 Å². The highest BCUT2D eigenvalue weighted by Crippen LogP contribution is 2.22. The van der Waals surface area contributed by atoms with Crippen LogP contribution in [0.3, 0.4) is 0 Å². The maximum atomic E-state index is 5.92. The summed E-state index contributed by atoms with van der Waals surface area (Å²) < 4.78 is 0. The van der Waals surface area contributed by atoms with Crippen LogP contribution in [-0.4, -0.2) is 19.4 Å². The van der Waals surface area contributed by atoms with Gasteiger partial charge in [-0.15, -0.1) is 0 Å². The fraction of sp³-hybridized carbons (Fsp3) is 0.300. The first-order valence-corrected chi connectivity index (χ1v) is 5.30. The third-order valence-electron chi connectivity index (χ3n) is 1.70. The van der Waals surface area contributed by atoms with Gasteiger partial charge >= 0.3 is 0 Å². The molecule has 0 aliphatic heterocycles. The Morgan fingerprint density at radius 2 is 2.00 bits per heavy atom. The van der Waals surface area contributed by atoms with Gasteiger partial charge in [0, 0.05) is 5.56 Å². The van der Waals surface area contributed by atoms with Gasteiger partial charge in [-0.1, -0.05) is 34.4 Å². The molecular formula is C10H12Cl2N2O. The van der Waals surface area contributed by atoms with Crippen LogP contribution in [0.5, 0.6) is 0 Å². The van der Waals surface area contributed by atoms with E-state index >= 15 is 0 Å². The minimum absolute atomic E-state index is 0.495. The van der Waals surface area contributed by atoms with Crippen molar-refractivity contribution in [2.24, 2.45) is 10.9 Å². The minimum Gasteiger partial charge on any atom is -0.396 e. The largest absolute Gasteiger partial charge is 0.396 e. The molecule has 1 aromatic carbocycles. The van der Waals surface area contributed by atoms with E-state index in [4.69, 9.17) is 33.8 Å². The van der Waals surface area contributed by atoms with E-state index in [1.807, 2.05) is 0 Å². The van der Waals surface area contributed by atoms with E-state index in [1.54, 1.807) is 18.2 Å². The maximum Gasteiger partial charge on any atom is 0.118 e. The van der Waals surface area contributed by atoms with Crippen molar-refractivity contribution < 1.29 is 4.84 Å². The number of nitrogens with zero attached hydrogens (tertiary/aromatic N) is 1. The van der Waals surface area contributed by atoms with Crippen molar-refractivity contribution in [1.82, 2.24) is 0 Å². The SMILES string of the molecule is NCCCON=Cc1c(Cl)cccc1Cl. The standard InChI is InChI=1S/C10H12Cl2N2O/c11-9-3-1-4-10(12)8(9)7-14-15-6-2-5-13/h1,3-4,7H,2,5-6,13H2. The predicted octanol–water partition coefficient (Wildman–Crippen LogP) is 2.69. The van der Waals surface area contributed by atoms with Crippen molar-refractivity contribution in [1.29, 1.82) is 0 Å². The molecule has 0 saturated heterocycles. The molecule has 15 heavy (non-hydrogen) atoms. The number of hydrogen-bond donors (Lipinski definition) is 1. The molecule has 0 aliphatic rings. The molecule has 0 spiro atoms. The van der Waals surface area contributed by atoms with Crippen molar-refractivity contribution in [2.75, 3.05) is 13.2 Å². The summed E-state index contributed by atoms with van der Waals surface area (Å²) in [4.78, 5) is 4.96. The molecule has 0 radical (unpaired) electrons. The molecule has 2 N–H and O–H groups in total. The van der Waals surface area contributed by atoms with E-state index in [9.17, 15) is 0 Å². The summed E-state index contributed by atoms with van der Waals surface area (Å²) in [5.74, 6) is 0. The Morgan fingerprint density at radius 3 is 2.60 bits per heavy atom. The molecule has 0 bridgehead atoms. The van der Waals surface area contributed by atoms with E-state index in [-0.39, 0.29) is 0 Å². The molecule has 0 amide bonds. The van der Waals surface area contributed by atoms with Gasteiger partial charge in [0.25, 0.3) is 0 Å². The van der Waals surface area contributed by atoms with Gasteiger partial charge in [0.05, 0.1) is 16.3 Å². The zero-order chi connectivity index (χ0) is 11.1. The molecule has 82 valence electrons. The van der Waals surface area contributed by atoms with Gasteiger partial charge in [-0.2, -0.15) is 0 Å². The summed E-state index contributed by atoms with van der Waals surface area (Å²) in [5.41, 5.74) is 5.96. The van der Waals surface area contributed by atoms with Gasteiger partial charge < -0.3 is 10.6 Å². The number of rotatable bonds is 5. The number of oxime groups is 1. The predicted molar refractivity (Wildman–Crippen MR) is 63.7 cm³/mol. The van der Waals surface area contributed by atoms with Crippen LogP contribution in [0.4, 0.5) is 0 Å². The molecule has 1 aromatic rings. The average molecular weight is 247 g/mol. The smallest absolute Gasteiger partial charge is 0.118 e. The Bertz CT molecular complexity index is 322. The zero-order valence-corrected chi connectivity index (χ0v) is 9.63. The summed E-state index contributed by atoms with van der Waals surface area (Å²) in [6.07, 6.45) is 2.27.